The molecule has 6 heteroatoms. The average molecular weight is 370 g/mol. The van der Waals surface area contributed by atoms with Crippen LogP contribution in [0.25, 0.3) is 0 Å². The van der Waals surface area contributed by atoms with Crippen molar-refractivity contribution in [3.05, 3.63) is 14.4 Å². The maximum Gasteiger partial charge on any atom is 0.194 e. The van der Waals surface area contributed by atoms with E-state index in [1.165, 1.54) is 0 Å². The van der Waals surface area contributed by atoms with E-state index < -0.39 is 6.10 Å². The fraction of sp³-hybridized carbons (Fsp3) is 0.250. The quantitative estimate of drug-likeness (QED) is 0.430. The third-order valence-electron chi connectivity index (χ3n) is 1.69. The number of hydrogen-bond donors (Lipinski definition) is 0. The molecule has 2 rings (SSSR count). The Hall–Kier alpha value is -0.370. The maximum absolute atomic E-state index is 10.5. The molecule has 0 spiro atoms. The Morgan fingerprint density at radius 1 is 1.71 bits per heavy atom. The van der Waals surface area contributed by atoms with Crippen LogP contribution in [0, 0.1) is 3.70 Å². The van der Waals surface area contributed by atoms with Gasteiger partial charge in [0.05, 0.1) is 0 Å². The van der Waals surface area contributed by atoms with Gasteiger partial charge in [-0.15, -0.1) is 0 Å². The summed E-state index contributed by atoms with van der Waals surface area (Å²) in [6.45, 7) is 0.234. The van der Waals surface area contributed by atoms with Crippen molar-refractivity contribution >= 4 is 44.8 Å². The standard InChI is InChI=1S/C8H5BrINO3/c9-8-7-5(1-6(10)11-8)14-4(2-12)3-13-7/h1-2,4H,3H2. The molecule has 0 saturated carbocycles. The third kappa shape index (κ3) is 1.85. The smallest absolute Gasteiger partial charge is 0.194 e. The van der Waals surface area contributed by atoms with E-state index in [0.29, 0.717) is 16.1 Å². The Labute approximate surface area is 102 Å². The second kappa shape index (κ2) is 4.01. The zero-order chi connectivity index (χ0) is 10.1. The van der Waals surface area contributed by atoms with Crippen molar-refractivity contribution in [1.82, 2.24) is 4.98 Å². The van der Waals surface area contributed by atoms with Gasteiger partial charge in [-0.2, -0.15) is 0 Å². The number of nitrogens with zero attached hydrogens (tertiary/aromatic N) is 1. The normalized spacial score (nSPS) is 19.1. The highest BCUT2D eigenvalue weighted by Gasteiger charge is 2.23. The van der Waals surface area contributed by atoms with Crippen LogP contribution in [0.5, 0.6) is 11.5 Å². The number of aldehydes is 1. The minimum absolute atomic E-state index is 0.234. The summed E-state index contributed by atoms with van der Waals surface area (Å²) >= 11 is 5.33. The molecule has 0 amide bonds. The number of carbonyl (C=O) groups excluding carboxylic acids is 1. The molecule has 4 nitrogen and oxygen atoms in total. The molecule has 0 N–H and O–H groups in total. The summed E-state index contributed by atoms with van der Waals surface area (Å²) in [7, 11) is 0. The van der Waals surface area contributed by atoms with Crippen LogP contribution >= 0.6 is 38.5 Å². The molecule has 0 aliphatic carbocycles. The predicted octanol–water partition coefficient (Wildman–Crippen LogP) is 1.79. The van der Waals surface area contributed by atoms with Crippen molar-refractivity contribution < 1.29 is 14.3 Å². The number of halogens is 2. The van der Waals surface area contributed by atoms with Crippen molar-refractivity contribution in [1.29, 1.82) is 0 Å². The van der Waals surface area contributed by atoms with Gasteiger partial charge in [0.25, 0.3) is 0 Å². The lowest BCUT2D eigenvalue weighted by atomic mass is 10.3. The van der Waals surface area contributed by atoms with E-state index in [9.17, 15) is 4.79 Å². The van der Waals surface area contributed by atoms with Gasteiger partial charge in [0, 0.05) is 6.07 Å². The highest BCUT2D eigenvalue weighted by molar-refractivity contribution is 14.1. The van der Waals surface area contributed by atoms with Crippen LogP contribution in [0.15, 0.2) is 10.7 Å². The van der Waals surface area contributed by atoms with Gasteiger partial charge in [0.15, 0.2) is 28.5 Å². The molecule has 1 unspecified atom stereocenters. The molecule has 14 heavy (non-hydrogen) atoms. The molecule has 1 aliphatic rings. The van der Waals surface area contributed by atoms with Gasteiger partial charge in [-0.3, -0.25) is 4.79 Å². The zero-order valence-electron chi connectivity index (χ0n) is 6.87. The summed E-state index contributed by atoms with van der Waals surface area (Å²) in [4.78, 5) is 14.7. The summed E-state index contributed by atoms with van der Waals surface area (Å²) in [6.07, 6.45) is 0.206. The van der Waals surface area contributed by atoms with Crippen LogP contribution in [-0.2, 0) is 4.79 Å². The highest BCUT2D eigenvalue weighted by Crippen LogP contribution is 2.37. The van der Waals surface area contributed by atoms with Gasteiger partial charge in [-0.1, -0.05) is 0 Å². The van der Waals surface area contributed by atoms with Gasteiger partial charge >= 0.3 is 0 Å². The Morgan fingerprint density at radius 2 is 2.50 bits per heavy atom. The van der Waals surface area contributed by atoms with Crippen LogP contribution < -0.4 is 9.47 Å². The van der Waals surface area contributed by atoms with E-state index in [2.05, 4.69) is 43.5 Å². The van der Waals surface area contributed by atoms with Crippen LogP contribution in [-0.4, -0.2) is 24.0 Å². The SMILES string of the molecule is O=CC1COc2c(cc(I)nc2Br)O1. The Morgan fingerprint density at radius 3 is 3.21 bits per heavy atom. The van der Waals surface area contributed by atoms with Crippen LogP contribution in [0.2, 0.25) is 0 Å². The van der Waals surface area contributed by atoms with E-state index in [1.807, 2.05) is 0 Å². The number of rotatable bonds is 1. The molecular weight excluding hydrogens is 365 g/mol. The number of hydrogen-bond acceptors (Lipinski definition) is 4. The molecule has 2 heterocycles. The Bertz CT molecular complexity index is 385. The minimum atomic E-state index is -0.521. The lowest BCUT2D eigenvalue weighted by molar-refractivity contribution is -0.115. The summed E-state index contributed by atoms with van der Waals surface area (Å²) in [5.74, 6) is 1.11. The summed E-state index contributed by atoms with van der Waals surface area (Å²) in [5, 5.41) is 0. The van der Waals surface area contributed by atoms with Crippen molar-refractivity contribution in [2.45, 2.75) is 6.10 Å². The minimum Gasteiger partial charge on any atom is -0.483 e. The zero-order valence-corrected chi connectivity index (χ0v) is 10.6. The van der Waals surface area contributed by atoms with Crippen molar-refractivity contribution in [2.75, 3.05) is 6.61 Å². The van der Waals surface area contributed by atoms with Crippen molar-refractivity contribution in [2.24, 2.45) is 0 Å². The second-order valence-corrected chi connectivity index (χ2v) is 4.52. The molecule has 0 fully saturated rings. The molecular formula is C8H5BrINO3. The molecule has 74 valence electrons. The lowest BCUT2D eigenvalue weighted by Gasteiger charge is -2.23. The van der Waals surface area contributed by atoms with E-state index in [0.717, 1.165) is 9.99 Å². The van der Waals surface area contributed by atoms with E-state index in [1.54, 1.807) is 6.07 Å². The lowest BCUT2D eigenvalue weighted by Crippen LogP contribution is -2.30. The monoisotopic (exact) mass is 369 g/mol. The highest BCUT2D eigenvalue weighted by atomic mass is 127. The fourth-order valence-electron chi connectivity index (χ4n) is 1.10. The molecule has 0 radical (unpaired) electrons. The van der Waals surface area contributed by atoms with Gasteiger partial charge in [0.1, 0.15) is 10.3 Å². The van der Waals surface area contributed by atoms with Crippen LogP contribution in [0.3, 0.4) is 0 Å². The fourth-order valence-corrected chi connectivity index (χ4v) is 2.46. The van der Waals surface area contributed by atoms with Gasteiger partial charge in [0.2, 0.25) is 0 Å². The first-order valence-corrected chi connectivity index (χ1v) is 5.68. The largest absolute Gasteiger partial charge is 0.483 e. The molecule has 1 aliphatic heterocycles. The van der Waals surface area contributed by atoms with Crippen molar-refractivity contribution in [3.63, 3.8) is 0 Å². The van der Waals surface area contributed by atoms with Crippen molar-refractivity contribution in [3.8, 4) is 11.5 Å². The number of ether oxygens (including phenoxy) is 2. The van der Waals surface area contributed by atoms with E-state index in [-0.39, 0.29) is 6.61 Å². The Balaban J connectivity index is 2.41. The number of fused-ring (bicyclic) bond motifs is 1. The van der Waals surface area contributed by atoms with E-state index >= 15 is 0 Å². The number of aromatic nitrogens is 1. The van der Waals surface area contributed by atoms with Gasteiger partial charge in [-0.25, -0.2) is 4.98 Å². The first-order chi connectivity index (χ1) is 6.70. The second-order valence-electron chi connectivity index (χ2n) is 2.67. The van der Waals surface area contributed by atoms with Gasteiger partial charge in [-0.05, 0) is 38.5 Å². The molecule has 1 aromatic heterocycles. The average Bonchev–Trinajstić information content (AvgIpc) is 2.16. The summed E-state index contributed by atoms with van der Waals surface area (Å²) in [6, 6.07) is 1.73. The molecule has 1 aromatic rings. The Kier molecular flexibility index (Phi) is 2.91. The summed E-state index contributed by atoms with van der Waals surface area (Å²) < 4.78 is 12.1. The van der Waals surface area contributed by atoms with Gasteiger partial charge < -0.3 is 9.47 Å². The maximum atomic E-state index is 10.5. The van der Waals surface area contributed by atoms with E-state index in [4.69, 9.17) is 9.47 Å². The topological polar surface area (TPSA) is 48.4 Å². The first kappa shape index (κ1) is 10.2. The predicted molar refractivity (Wildman–Crippen MR) is 60.6 cm³/mol. The molecule has 0 bridgehead atoms. The molecule has 0 saturated heterocycles. The molecule has 0 aromatic carbocycles. The van der Waals surface area contributed by atoms with Crippen LogP contribution in [0.4, 0.5) is 0 Å². The first-order valence-electron chi connectivity index (χ1n) is 3.81. The number of carbonyl (C=O) groups is 1. The number of pyridine rings is 1. The third-order valence-corrected chi connectivity index (χ3v) is 2.78. The summed E-state index contributed by atoms with van der Waals surface area (Å²) in [5.41, 5.74) is 0. The van der Waals surface area contributed by atoms with Crippen LogP contribution in [0.1, 0.15) is 0 Å². The molecule has 1 atom stereocenters.